The molecule has 0 spiro atoms. The maximum Gasteiger partial charge on any atom is 0.267 e. The summed E-state index contributed by atoms with van der Waals surface area (Å²) in [5.41, 5.74) is 3.35. The lowest BCUT2D eigenvalue weighted by molar-refractivity contribution is 0.777. The van der Waals surface area contributed by atoms with Crippen LogP contribution in [0.3, 0.4) is 0 Å². The lowest BCUT2D eigenvalue weighted by Gasteiger charge is -2.11. The molecule has 3 aromatic heterocycles. The predicted molar refractivity (Wildman–Crippen MR) is 130 cm³/mol. The predicted octanol–water partition coefficient (Wildman–Crippen LogP) is 3.61. The number of hydrogen-bond acceptors (Lipinski definition) is 7. The lowest BCUT2D eigenvalue weighted by Crippen LogP contribution is -2.21. The van der Waals surface area contributed by atoms with E-state index in [1.165, 1.54) is 11.8 Å². The van der Waals surface area contributed by atoms with Crippen molar-refractivity contribution >= 4 is 28.4 Å². The summed E-state index contributed by atoms with van der Waals surface area (Å²) in [6, 6.07) is 25.0. The van der Waals surface area contributed by atoms with E-state index >= 15 is 0 Å². The highest BCUT2D eigenvalue weighted by molar-refractivity contribution is 7.98. The zero-order valence-corrected chi connectivity index (χ0v) is 18.9. The molecule has 34 heavy (non-hydrogen) atoms. The van der Waals surface area contributed by atoms with Crippen LogP contribution >= 0.6 is 11.8 Å². The maximum absolute atomic E-state index is 13.4. The van der Waals surface area contributed by atoms with Crippen molar-refractivity contribution in [3.05, 3.63) is 101 Å². The van der Waals surface area contributed by atoms with Crippen LogP contribution in [-0.4, -0.2) is 39.4 Å². The summed E-state index contributed by atoms with van der Waals surface area (Å²) in [7, 11) is 0. The summed E-state index contributed by atoms with van der Waals surface area (Å²) in [6.45, 7) is 2.01. The highest BCUT2D eigenvalue weighted by Crippen LogP contribution is 2.25. The Balaban J connectivity index is 1.47. The molecule has 0 aliphatic heterocycles. The molecule has 3 aromatic carbocycles. The van der Waals surface area contributed by atoms with E-state index in [1.807, 2.05) is 90.2 Å². The minimum atomic E-state index is -0.135. The second kappa shape index (κ2) is 8.23. The molecule has 10 heteroatoms. The number of para-hydroxylation sites is 2. The molecule has 0 aliphatic carbocycles. The van der Waals surface area contributed by atoms with Crippen molar-refractivity contribution in [3.63, 3.8) is 0 Å². The van der Waals surface area contributed by atoms with E-state index in [4.69, 9.17) is 0 Å². The van der Waals surface area contributed by atoms with Crippen LogP contribution in [0.15, 0.2) is 88.8 Å². The van der Waals surface area contributed by atoms with Gasteiger partial charge in [0.05, 0.1) is 28.0 Å². The number of rotatable bonds is 5. The van der Waals surface area contributed by atoms with E-state index in [0.29, 0.717) is 27.9 Å². The van der Waals surface area contributed by atoms with Gasteiger partial charge in [0.15, 0.2) is 11.0 Å². The molecule has 0 saturated heterocycles. The van der Waals surface area contributed by atoms with Gasteiger partial charge in [0.25, 0.3) is 5.56 Å². The fourth-order valence-electron chi connectivity index (χ4n) is 3.89. The van der Waals surface area contributed by atoms with Crippen LogP contribution in [0.25, 0.3) is 28.1 Å². The van der Waals surface area contributed by atoms with E-state index in [2.05, 4.69) is 25.7 Å². The Labute approximate surface area is 197 Å². The van der Waals surface area contributed by atoms with E-state index in [1.54, 1.807) is 9.25 Å². The number of aromatic nitrogens is 8. The first kappa shape index (κ1) is 20.3. The molecule has 0 saturated carbocycles. The van der Waals surface area contributed by atoms with Crippen LogP contribution in [0.4, 0.5) is 0 Å². The van der Waals surface area contributed by atoms with Gasteiger partial charge in [-0.05, 0) is 53.7 Å². The third kappa shape index (κ3) is 3.35. The first-order valence-electron chi connectivity index (χ1n) is 10.6. The normalized spacial score (nSPS) is 11.4. The Morgan fingerprint density at radius 1 is 0.824 bits per heavy atom. The monoisotopic (exact) mass is 466 g/mol. The fourth-order valence-corrected chi connectivity index (χ4v) is 4.74. The molecule has 0 amide bonds. The van der Waals surface area contributed by atoms with Gasteiger partial charge in [-0.1, -0.05) is 59.8 Å². The highest BCUT2D eigenvalue weighted by Gasteiger charge is 2.19. The molecule has 9 nitrogen and oxygen atoms in total. The van der Waals surface area contributed by atoms with E-state index in [9.17, 15) is 4.79 Å². The molecule has 6 aromatic rings. The fraction of sp³-hybridized carbons (Fsp3) is 0.0833. The van der Waals surface area contributed by atoms with Gasteiger partial charge in [0.1, 0.15) is 0 Å². The second-order valence-electron chi connectivity index (χ2n) is 7.74. The largest absolute Gasteiger partial charge is 0.268 e. The number of benzene rings is 3. The lowest BCUT2D eigenvalue weighted by atomic mass is 10.2. The average molecular weight is 467 g/mol. The second-order valence-corrected chi connectivity index (χ2v) is 8.68. The molecular weight excluding hydrogens is 448 g/mol. The van der Waals surface area contributed by atoms with E-state index in [0.717, 1.165) is 22.5 Å². The molecule has 166 valence electrons. The van der Waals surface area contributed by atoms with Crippen molar-refractivity contribution in [2.75, 3.05) is 0 Å². The van der Waals surface area contributed by atoms with Gasteiger partial charge in [-0.25, -0.2) is 4.57 Å². The van der Waals surface area contributed by atoms with Gasteiger partial charge in [-0.2, -0.15) is 4.68 Å². The zero-order valence-electron chi connectivity index (χ0n) is 18.1. The van der Waals surface area contributed by atoms with Crippen LogP contribution in [-0.2, 0) is 5.75 Å². The third-order valence-corrected chi connectivity index (χ3v) is 6.48. The van der Waals surface area contributed by atoms with Crippen molar-refractivity contribution in [1.29, 1.82) is 0 Å². The minimum absolute atomic E-state index is 0.135. The Bertz CT molecular complexity index is 1690. The molecule has 0 N–H and O–H groups in total. The molecular formula is C24H18N8OS. The van der Waals surface area contributed by atoms with Gasteiger partial charge in [0.2, 0.25) is 5.78 Å². The molecule has 0 bridgehead atoms. The number of hydrogen-bond donors (Lipinski definition) is 0. The first-order valence-corrected chi connectivity index (χ1v) is 11.6. The zero-order chi connectivity index (χ0) is 23.1. The van der Waals surface area contributed by atoms with Gasteiger partial charge < -0.3 is 0 Å². The van der Waals surface area contributed by atoms with Gasteiger partial charge in [-0.15, -0.1) is 15.3 Å². The van der Waals surface area contributed by atoms with Crippen molar-refractivity contribution in [1.82, 2.24) is 39.4 Å². The number of nitrogens with zero attached hydrogens (tertiary/aromatic N) is 8. The van der Waals surface area contributed by atoms with Crippen molar-refractivity contribution < 1.29 is 0 Å². The first-order chi connectivity index (χ1) is 16.7. The number of thioether (sulfide) groups is 1. The molecule has 6 rings (SSSR count). The quantitative estimate of drug-likeness (QED) is 0.358. The Morgan fingerprint density at radius 2 is 1.59 bits per heavy atom. The van der Waals surface area contributed by atoms with Crippen LogP contribution in [0.1, 0.15) is 11.4 Å². The molecule has 0 aliphatic rings. The smallest absolute Gasteiger partial charge is 0.267 e. The third-order valence-electron chi connectivity index (χ3n) is 5.55. The minimum Gasteiger partial charge on any atom is -0.268 e. The molecule has 0 fully saturated rings. The Morgan fingerprint density at radius 3 is 2.41 bits per heavy atom. The van der Waals surface area contributed by atoms with Gasteiger partial charge in [0, 0.05) is 0 Å². The molecule has 3 heterocycles. The summed E-state index contributed by atoms with van der Waals surface area (Å²) >= 11 is 1.46. The van der Waals surface area contributed by atoms with Crippen LogP contribution in [0.2, 0.25) is 0 Å². The van der Waals surface area contributed by atoms with Crippen LogP contribution in [0, 0.1) is 6.92 Å². The SMILES string of the molecule is Cc1ccc(-n2c(=O)c3ccccc3n3c(SCc4nnnn4-c4ccccc4)nnc23)cc1. The number of fused-ring (bicyclic) bond motifs is 3. The van der Waals surface area contributed by atoms with E-state index < -0.39 is 0 Å². The topological polar surface area (TPSA) is 95.8 Å². The molecule has 0 radical (unpaired) electrons. The van der Waals surface area contributed by atoms with Gasteiger partial charge in [-0.3, -0.25) is 9.20 Å². The summed E-state index contributed by atoms with van der Waals surface area (Å²) in [5.74, 6) is 1.61. The number of aryl methyl sites for hydroxylation is 1. The summed E-state index contributed by atoms with van der Waals surface area (Å²) in [5, 5.41) is 22.2. The molecule has 0 unspecified atom stereocenters. The van der Waals surface area contributed by atoms with Crippen LogP contribution < -0.4 is 5.56 Å². The van der Waals surface area contributed by atoms with Gasteiger partial charge >= 0.3 is 0 Å². The molecule has 0 atom stereocenters. The summed E-state index contributed by atoms with van der Waals surface area (Å²) in [6.07, 6.45) is 0. The standard InChI is InChI=1S/C24H18N8OS/c1-16-11-13-17(14-12-16)30-22(33)19-9-5-6-10-20(19)31-23(30)26-27-24(31)34-15-21-25-28-29-32(21)18-7-3-2-4-8-18/h2-14H,15H2,1H3. The number of tetrazole rings is 1. The van der Waals surface area contributed by atoms with Crippen molar-refractivity contribution in [2.24, 2.45) is 0 Å². The van der Waals surface area contributed by atoms with Crippen molar-refractivity contribution in [2.45, 2.75) is 17.8 Å². The Kier molecular flexibility index (Phi) is 4.92. The van der Waals surface area contributed by atoms with Crippen LogP contribution in [0.5, 0.6) is 0 Å². The highest BCUT2D eigenvalue weighted by atomic mass is 32.2. The van der Waals surface area contributed by atoms with E-state index in [-0.39, 0.29) is 5.56 Å². The summed E-state index contributed by atoms with van der Waals surface area (Å²) in [4.78, 5) is 13.4. The van der Waals surface area contributed by atoms with Crippen molar-refractivity contribution in [3.8, 4) is 11.4 Å². The maximum atomic E-state index is 13.4. The summed E-state index contributed by atoms with van der Waals surface area (Å²) < 4.78 is 5.22. The average Bonchev–Trinajstić information content (AvgIpc) is 3.52. The Hall–Kier alpha value is -4.31.